The normalized spacial score (nSPS) is 10.9. The van der Waals surface area contributed by atoms with Gasteiger partial charge in [0.15, 0.2) is 5.52 Å². The van der Waals surface area contributed by atoms with Gasteiger partial charge in [-0.25, -0.2) is 0 Å². The Morgan fingerprint density at radius 1 is 1.53 bits per heavy atom. The van der Waals surface area contributed by atoms with Gasteiger partial charge in [-0.15, -0.1) is 0 Å². The molecule has 0 aliphatic rings. The van der Waals surface area contributed by atoms with E-state index >= 15 is 0 Å². The lowest BCUT2D eigenvalue weighted by molar-refractivity contribution is 0.805. The van der Waals surface area contributed by atoms with E-state index in [-0.39, 0.29) is 15.0 Å². The van der Waals surface area contributed by atoms with Gasteiger partial charge in [0, 0.05) is 0 Å². The van der Waals surface area contributed by atoms with E-state index in [1.165, 1.54) is 6.07 Å². The molecular formula is C8H5BrClN3O2. The molecule has 5 nitrogen and oxygen atoms in total. The van der Waals surface area contributed by atoms with E-state index in [9.17, 15) is 9.59 Å². The summed E-state index contributed by atoms with van der Waals surface area (Å²) >= 11 is 8.89. The molecule has 1 N–H and O–H groups in total. The van der Waals surface area contributed by atoms with Gasteiger partial charge in [-0.05, 0) is 28.9 Å². The van der Waals surface area contributed by atoms with E-state index < -0.39 is 11.1 Å². The van der Waals surface area contributed by atoms with Crippen LogP contribution < -0.4 is 11.1 Å². The molecule has 2 aromatic heterocycles. The SMILES string of the molecule is Cc1nn2c(=O)c(Br)cc(Cl)c2c(=O)[nH]1. The smallest absolute Gasteiger partial charge is 0.286 e. The highest BCUT2D eigenvalue weighted by Gasteiger charge is 2.10. The number of aryl methyl sites for hydroxylation is 1. The van der Waals surface area contributed by atoms with Crippen molar-refractivity contribution in [3.8, 4) is 0 Å². The molecule has 0 aromatic carbocycles. The van der Waals surface area contributed by atoms with E-state index in [0.29, 0.717) is 5.82 Å². The van der Waals surface area contributed by atoms with Gasteiger partial charge in [0.1, 0.15) is 5.82 Å². The summed E-state index contributed by atoms with van der Waals surface area (Å²) in [4.78, 5) is 25.6. The topological polar surface area (TPSA) is 67.2 Å². The van der Waals surface area contributed by atoms with Crippen LogP contribution in [-0.4, -0.2) is 14.6 Å². The van der Waals surface area contributed by atoms with Crippen molar-refractivity contribution < 1.29 is 0 Å². The quantitative estimate of drug-likeness (QED) is 0.790. The van der Waals surface area contributed by atoms with Gasteiger partial charge in [0.05, 0.1) is 9.50 Å². The highest BCUT2D eigenvalue weighted by Crippen LogP contribution is 2.15. The minimum absolute atomic E-state index is 0.0514. The molecule has 2 rings (SSSR count). The Bertz CT molecular complexity index is 661. The van der Waals surface area contributed by atoms with Crippen LogP contribution in [0.15, 0.2) is 20.1 Å². The van der Waals surface area contributed by atoms with Crippen molar-refractivity contribution in [1.82, 2.24) is 14.6 Å². The molecule has 0 saturated heterocycles. The summed E-state index contributed by atoms with van der Waals surface area (Å²) in [7, 11) is 0. The minimum atomic E-state index is -0.433. The van der Waals surface area contributed by atoms with Crippen LogP contribution in [0.3, 0.4) is 0 Å². The number of fused-ring (bicyclic) bond motifs is 1. The second-order valence-electron chi connectivity index (χ2n) is 2.95. The van der Waals surface area contributed by atoms with Gasteiger partial charge in [-0.2, -0.15) is 9.61 Å². The fraction of sp³-hybridized carbons (Fsp3) is 0.125. The summed E-state index contributed by atoms with van der Waals surface area (Å²) in [5, 5.41) is 4.07. The number of halogens is 2. The third kappa shape index (κ3) is 1.59. The number of nitrogens with zero attached hydrogens (tertiary/aromatic N) is 2. The van der Waals surface area contributed by atoms with Crippen molar-refractivity contribution in [2.75, 3.05) is 0 Å². The second kappa shape index (κ2) is 3.46. The molecule has 0 aliphatic carbocycles. The van der Waals surface area contributed by atoms with Gasteiger partial charge in [-0.3, -0.25) is 9.59 Å². The van der Waals surface area contributed by atoms with Crippen LogP contribution in [0, 0.1) is 6.92 Å². The number of aromatic nitrogens is 3. The second-order valence-corrected chi connectivity index (χ2v) is 4.21. The molecule has 0 atom stereocenters. The molecule has 15 heavy (non-hydrogen) atoms. The van der Waals surface area contributed by atoms with E-state index in [0.717, 1.165) is 4.52 Å². The number of aromatic amines is 1. The predicted molar refractivity (Wildman–Crippen MR) is 59.5 cm³/mol. The maximum atomic E-state index is 11.6. The molecule has 78 valence electrons. The summed E-state index contributed by atoms with van der Waals surface area (Å²) < 4.78 is 1.25. The molecule has 7 heteroatoms. The monoisotopic (exact) mass is 289 g/mol. The number of hydrogen-bond donors (Lipinski definition) is 1. The number of hydrogen-bond acceptors (Lipinski definition) is 3. The van der Waals surface area contributed by atoms with E-state index in [1.54, 1.807) is 6.92 Å². The van der Waals surface area contributed by atoms with E-state index in [4.69, 9.17) is 11.6 Å². The van der Waals surface area contributed by atoms with Crippen LogP contribution >= 0.6 is 27.5 Å². The first-order chi connectivity index (χ1) is 7.00. The maximum absolute atomic E-state index is 11.6. The lowest BCUT2D eigenvalue weighted by atomic mass is 10.4. The highest BCUT2D eigenvalue weighted by atomic mass is 79.9. The molecule has 0 spiro atoms. The Morgan fingerprint density at radius 3 is 2.87 bits per heavy atom. The predicted octanol–water partition coefficient (Wildman–Crippen LogP) is 1.11. The average molecular weight is 291 g/mol. The highest BCUT2D eigenvalue weighted by molar-refractivity contribution is 9.10. The molecule has 2 heterocycles. The fourth-order valence-corrected chi connectivity index (χ4v) is 2.05. The Labute approximate surface area is 96.8 Å². The van der Waals surface area contributed by atoms with Crippen LogP contribution in [0.4, 0.5) is 0 Å². The Kier molecular flexibility index (Phi) is 2.40. The van der Waals surface area contributed by atoms with Crippen molar-refractivity contribution in [2.45, 2.75) is 6.92 Å². The molecule has 0 radical (unpaired) electrons. The zero-order valence-corrected chi connectivity index (χ0v) is 9.89. The fourth-order valence-electron chi connectivity index (χ4n) is 1.24. The number of H-pyrrole nitrogens is 1. The van der Waals surface area contributed by atoms with Crippen molar-refractivity contribution >= 4 is 33.0 Å². The number of pyridine rings is 1. The third-order valence-corrected chi connectivity index (χ3v) is 2.70. The molecule has 0 unspecified atom stereocenters. The van der Waals surface area contributed by atoms with Crippen molar-refractivity contribution in [2.24, 2.45) is 0 Å². The summed E-state index contributed by atoms with van der Waals surface area (Å²) in [5.74, 6) is 0.351. The van der Waals surface area contributed by atoms with Crippen LogP contribution in [0.2, 0.25) is 5.02 Å². The van der Waals surface area contributed by atoms with Gasteiger partial charge >= 0.3 is 0 Å². The van der Waals surface area contributed by atoms with Crippen molar-refractivity contribution in [3.63, 3.8) is 0 Å². The molecule has 0 bridgehead atoms. The van der Waals surface area contributed by atoms with Gasteiger partial charge in [0.2, 0.25) is 0 Å². The molecule has 0 saturated carbocycles. The number of nitrogens with one attached hydrogen (secondary N) is 1. The van der Waals surface area contributed by atoms with Crippen LogP contribution in [0.25, 0.3) is 5.52 Å². The molecular weight excluding hydrogens is 285 g/mol. The summed E-state index contributed by atoms with van der Waals surface area (Å²) in [6.45, 7) is 1.59. The summed E-state index contributed by atoms with van der Waals surface area (Å²) in [6.07, 6.45) is 0. The van der Waals surface area contributed by atoms with Crippen LogP contribution in [-0.2, 0) is 0 Å². The standard InChI is InChI=1S/C8H5BrClN3O2/c1-3-11-7(14)6-5(10)2-4(9)8(15)13(6)12-3/h2H,1H3,(H,11,12,14). The van der Waals surface area contributed by atoms with Gasteiger partial charge < -0.3 is 4.98 Å². The molecule has 0 amide bonds. The lowest BCUT2D eigenvalue weighted by Crippen LogP contribution is -2.25. The Balaban J connectivity index is 3.17. The summed E-state index contributed by atoms with van der Waals surface area (Å²) in [5.41, 5.74) is -0.795. The molecule has 0 aliphatic heterocycles. The van der Waals surface area contributed by atoms with Crippen molar-refractivity contribution in [3.05, 3.63) is 42.1 Å². The molecule has 0 fully saturated rings. The summed E-state index contributed by atoms with van der Waals surface area (Å²) in [6, 6.07) is 1.38. The average Bonchev–Trinajstić information content (AvgIpc) is 2.12. The van der Waals surface area contributed by atoms with Gasteiger partial charge in [0.25, 0.3) is 11.1 Å². The van der Waals surface area contributed by atoms with Crippen molar-refractivity contribution in [1.29, 1.82) is 0 Å². The zero-order valence-electron chi connectivity index (χ0n) is 7.54. The van der Waals surface area contributed by atoms with Gasteiger partial charge in [-0.1, -0.05) is 11.6 Å². The van der Waals surface area contributed by atoms with E-state index in [2.05, 4.69) is 26.0 Å². The van der Waals surface area contributed by atoms with Crippen LogP contribution in [0.1, 0.15) is 5.82 Å². The first kappa shape index (κ1) is 10.4. The first-order valence-corrected chi connectivity index (χ1v) is 5.16. The largest absolute Gasteiger partial charge is 0.307 e. The minimum Gasteiger partial charge on any atom is -0.307 e. The molecule has 2 aromatic rings. The number of rotatable bonds is 0. The Hall–Kier alpha value is -1.14. The maximum Gasteiger partial charge on any atom is 0.286 e. The zero-order chi connectivity index (χ0) is 11.2. The van der Waals surface area contributed by atoms with E-state index in [1.807, 2.05) is 0 Å². The first-order valence-electron chi connectivity index (χ1n) is 3.98. The van der Waals surface area contributed by atoms with Crippen LogP contribution in [0.5, 0.6) is 0 Å². The third-order valence-electron chi connectivity index (χ3n) is 1.85. The lowest BCUT2D eigenvalue weighted by Gasteiger charge is -2.02. The Morgan fingerprint density at radius 2 is 2.20 bits per heavy atom.